The van der Waals surface area contributed by atoms with Gasteiger partial charge in [0.2, 0.25) is 6.29 Å². The van der Waals surface area contributed by atoms with Crippen LogP contribution < -0.4 is 4.74 Å². The Labute approximate surface area is 195 Å². The Morgan fingerprint density at radius 2 is 1.50 bits per heavy atom. The van der Waals surface area contributed by atoms with Gasteiger partial charge in [0.1, 0.15) is 5.75 Å². The third kappa shape index (κ3) is 5.93. The zero-order valence-electron chi connectivity index (χ0n) is 18.7. The fraction of sp³-hybridized carbons (Fsp3) is 0.241. The third-order valence-electron chi connectivity index (χ3n) is 5.73. The summed E-state index contributed by atoms with van der Waals surface area (Å²) in [5, 5.41) is 2.51. The van der Waals surface area contributed by atoms with E-state index >= 15 is 0 Å². The summed E-state index contributed by atoms with van der Waals surface area (Å²) in [4.78, 5) is 1.24. The van der Waals surface area contributed by atoms with Gasteiger partial charge in [0, 0.05) is 4.90 Å². The van der Waals surface area contributed by atoms with Gasteiger partial charge in [-0.1, -0.05) is 92.7 Å². The van der Waals surface area contributed by atoms with Crippen LogP contribution in [0.25, 0.3) is 10.8 Å². The van der Waals surface area contributed by atoms with Gasteiger partial charge in [-0.05, 0) is 52.4 Å². The number of ether oxygens (including phenoxy) is 2. The molecule has 2 atom stereocenters. The zero-order chi connectivity index (χ0) is 22.2. The van der Waals surface area contributed by atoms with Crippen LogP contribution in [0.15, 0.2) is 102 Å². The molecule has 2 unspecified atom stereocenters. The fourth-order valence-corrected chi connectivity index (χ4v) is 4.62. The van der Waals surface area contributed by atoms with E-state index in [-0.39, 0.29) is 6.29 Å². The highest BCUT2D eigenvalue weighted by Crippen LogP contribution is 2.30. The van der Waals surface area contributed by atoms with Crippen LogP contribution in [0.3, 0.4) is 0 Å². The molecule has 3 heteroatoms. The Kier molecular flexibility index (Phi) is 7.87. The summed E-state index contributed by atoms with van der Waals surface area (Å²) in [6.07, 6.45) is 0.777. The molecule has 0 saturated carbocycles. The molecule has 0 aliphatic heterocycles. The summed E-state index contributed by atoms with van der Waals surface area (Å²) >= 11 is 1.77. The molecule has 0 radical (unpaired) electrons. The van der Waals surface area contributed by atoms with E-state index in [1.165, 1.54) is 21.2 Å². The second-order valence-corrected chi connectivity index (χ2v) is 9.07. The highest BCUT2D eigenvalue weighted by Gasteiger charge is 2.14. The summed E-state index contributed by atoms with van der Waals surface area (Å²) in [5.74, 6) is 2.10. The summed E-state index contributed by atoms with van der Waals surface area (Å²) < 4.78 is 12.5. The molecule has 0 fully saturated rings. The van der Waals surface area contributed by atoms with Crippen molar-refractivity contribution in [3.8, 4) is 5.75 Å². The van der Waals surface area contributed by atoms with Crippen molar-refractivity contribution in [1.82, 2.24) is 0 Å². The molecule has 0 spiro atoms. The van der Waals surface area contributed by atoms with Crippen molar-refractivity contribution < 1.29 is 9.47 Å². The lowest BCUT2D eigenvalue weighted by molar-refractivity contribution is -0.0724. The number of rotatable bonds is 10. The first-order valence-electron chi connectivity index (χ1n) is 11.3. The lowest BCUT2D eigenvalue weighted by atomic mass is 9.99. The number of benzene rings is 4. The van der Waals surface area contributed by atoms with Crippen molar-refractivity contribution in [3.63, 3.8) is 0 Å². The van der Waals surface area contributed by atoms with Crippen molar-refractivity contribution in [2.75, 3.05) is 5.75 Å². The van der Waals surface area contributed by atoms with Gasteiger partial charge in [0.05, 0.1) is 12.4 Å². The average Bonchev–Trinajstić information content (AvgIpc) is 2.86. The van der Waals surface area contributed by atoms with E-state index in [0.717, 1.165) is 17.7 Å². The summed E-state index contributed by atoms with van der Waals surface area (Å²) in [7, 11) is 0. The second kappa shape index (κ2) is 11.2. The van der Waals surface area contributed by atoms with E-state index in [9.17, 15) is 0 Å². The number of thioether (sulfide) groups is 1. The van der Waals surface area contributed by atoms with E-state index < -0.39 is 0 Å². The molecule has 164 valence electrons. The number of fused-ring (bicyclic) bond motifs is 1. The summed E-state index contributed by atoms with van der Waals surface area (Å²) in [6, 6.07) is 33.6. The van der Waals surface area contributed by atoms with E-state index in [0.29, 0.717) is 18.3 Å². The molecule has 0 heterocycles. The predicted octanol–water partition coefficient (Wildman–Crippen LogP) is 8.07. The van der Waals surface area contributed by atoms with E-state index in [1.54, 1.807) is 11.8 Å². The molecular weight excluding hydrogens is 412 g/mol. The molecule has 0 aliphatic rings. The number of hydrogen-bond acceptors (Lipinski definition) is 3. The molecule has 4 rings (SSSR count). The molecule has 0 N–H and O–H groups in total. The molecule has 0 amide bonds. The predicted molar refractivity (Wildman–Crippen MR) is 135 cm³/mol. The van der Waals surface area contributed by atoms with Gasteiger partial charge >= 0.3 is 0 Å². The molecule has 0 aromatic heterocycles. The Hall–Kier alpha value is -2.75. The first-order valence-corrected chi connectivity index (χ1v) is 12.2. The summed E-state index contributed by atoms with van der Waals surface area (Å²) in [5.41, 5.74) is 2.48. The highest BCUT2D eigenvalue weighted by atomic mass is 32.2. The third-order valence-corrected chi connectivity index (χ3v) is 6.84. The smallest absolute Gasteiger partial charge is 0.209 e. The monoisotopic (exact) mass is 442 g/mol. The Balaban J connectivity index is 1.47. The molecule has 2 nitrogen and oxygen atoms in total. The van der Waals surface area contributed by atoms with Crippen LogP contribution in [0.1, 0.15) is 37.3 Å². The van der Waals surface area contributed by atoms with Crippen molar-refractivity contribution in [2.24, 2.45) is 0 Å². The SMILES string of the molecule is CCC(C)c1ccc(OC(CSc2cccc3ccccc23)OCc2ccccc2)cc1. The lowest BCUT2D eigenvalue weighted by Crippen LogP contribution is -2.23. The number of hydrogen-bond donors (Lipinski definition) is 0. The molecule has 4 aromatic carbocycles. The van der Waals surface area contributed by atoms with Crippen LogP contribution in [0.2, 0.25) is 0 Å². The van der Waals surface area contributed by atoms with Gasteiger partial charge in [-0.25, -0.2) is 0 Å². The minimum Gasteiger partial charge on any atom is -0.464 e. The van der Waals surface area contributed by atoms with Gasteiger partial charge in [-0.2, -0.15) is 0 Å². The Morgan fingerprint density at radius 3 is 2.28 bits per heavy atom. The van der Waals surface area contributed by atoms with E-state index in [2.05, 4.69) is 92.7 Å². The normalized spacial score (nSPS) is 13.1. The van der Waals surface area contributed by atoms with Crippen LogP contribution in [0, 0.1) is 0 Å². The average molecular weight is 443 g/mol. The van der Waals surface area contributed by atoms with Gasteiger partial charge in [-0.3, -0.25) is 0 Å². The van der Waals surface area contributed by atoms with E-state index in [1.807, 2.05) is 18.2 Å². The minimum atomic E-state index is -0.353. The highest BCUT2D eigenvalue weighted by molar-refractivity contribution is 7.99. The molecule has 0 aliphatic carbocycles. The zero-order valence-corrected chi connectivity index (χ0v) is 19.6. The van der Waals surface area contributed by atoms with Crippen LogP contribution in [-0.2, 0) is 11.3 Å². The Bertz CT molecular complexity index is 1100. The fourth-order valence-electron chi connectivity index (χ4n) is 3.62. The van der Waals surface area contributed by atoms with Crippen molar-refractivity contribution >= 4 is 22.5 Å². The molecular formula is C29H30O2S. The van der Waals surface area contributed by atoms with Crippen LogP contribution in [0.5, 0.6) is 5.75 Å². The largest absolute Gasteiger partial charge is 0.464 e. The second-order valence-electron chi connectivity index (χ2n) is 8.01. The van der Waals surface area contributed by atoms with E-state index in [4.69, 9.17) is 9.47 Å². The van der Waals surface area contributed by atoms with Crippen LogP contribution in [-0.4, -0.2) is 12.0 Å². The van der Waals surface area contributed by atoms with Gasteiger partial charge < -0.3 is 9.47 Å². The maximum atomic E-state index is 6.30. The minimum absolute atomic E-state index is 0.353. The molecule has 0 saturated heterocycles. The first kappa shape index (κ1) is 22.4. The molecule has 0 bridgehead atoms. The van der Waals surface area contributed by atoms with Gasteiger partial charge in [0.25, 0.3) is 0 Å². The topological polar surface area (TPSA) is 18.5 Å². The quantitative estimate of drug-likeness (QED) is 0.183. The van der Waals surface area contributed by atoms with Crippen LogP contribution >= 0.6 is 11.8 Å². The molecule has 4 aromatic rings. The molecule has 32 heavy (non-hydrogen) atoms. The Morgan fingerprint density at radius 1 is 0.781 bits per heavy atom. The lowest BCUT2D eigenvalue weighted by Gasteiger charge is -2.20. The standard InChI is InChI=1S/C29H30O2S/c1-3-22(2)24-16-18-26(19-17-24)31-29(30-20-23-10-5-4-6-11-23)21-32-28-15-9-13-25-12-7-8-14-27(25)28/h4-19,22,29H,3,20-21H2,1-2H3. The van der Waals surface area contributed by atoms with Crippen molar-refractivity contribution in [3.05, 3.63) is 108 Å². The maximum absolute atomic E-state index is 6.30. The van der Waals surface area contributed by atoms with Crippen molar-refractivity contribution in [2.45, 2.75) is 44.0 Å². The maximum Gasteiger partial charge on any atom is 0.209 e. The van der Waals surface area contributed by atoms with Gasteiger partial charge in [0.15, 0.2) is 0 Å². The van der Waals surface area contributed by atoms with Crippen LogP contribution in [0.4, 0.5) is 0 Å². The first-order chi connectivity index (χ1) is 15.7. The van der Waals surface area contributed by atoms with Gasteiger partial charge in [-0.15, -0.1) is 11.8 Å². The van der Waals surface area contributed by atoms with Crippen molar-refractivity contribution in [1.29, 1.82) is 0 Å². The summed E-state index contributed by atoms with van der Waals surface area (Å²) in [6.45, 7) is 4.99.